The van der Waals surface area contributed by atoms with E-state index in [0.717, 1.165) is 51.9 Å². The zero-order valence-electron chi connectivity index (χ0n) is 17.5. The molecule has 3 aromatic carbocycles. The Labute approximate surface area is 177 Å². The number of nitrogen functional groups attached to an aromatic ring is 1. The molecule has 152 valence electrons. The van der Waals surface area contributed by atoms with Crippen molar-refractivity contribution in [2.24, 2.45) is 0 Å². The quantitative estimate of drug-likeness (QED) is 0.333. The van der Waals surface area contributed by atoms with E-state index < -0.39 is 0 Å². The molecule has 4 aromatic rings. The fraction of sp³-hybridized carbons (Fsp3) is 0.192. The van der Waals surface area contributed by atoms with Crippen LogP contribution < -0.4 is 11.1 Å². The molecule has 1 heterocycles. The van der Waals surface area contributed by atoms with Crippen LogP contribution in [0.3, 0.4) is 0 Å². The van der Waals surface area contributed by atoms with Crippen molar-refractivity contribution in [1.29, 1.82) is 0 Å². The molecule has 1 atom stereocenters. The van der Waals surface area contributed by atoms with E-state index in [0.29, 0.717) is 6.04 Å². The SMILES string of the molecule is CCC(Cc1ccccc1)Nc1cccc(/C=C/c2n[nH]c3cc(C)c(N)cc23)c1. The van der Waals surface area contributed by atoms with Crippen molar-refractivity contribution in [2.75, 3.05) is 11.1 Å². The van der Waals surface area contributed by atoms with E-state index in [2.05, 4.69) is 83.1 Å². The van der Waals surface area contributed by atoms with Gasteiger partial charge in [-0.25, -0.2) is 0 Å². The topological polar surface area (TPSA) is 66.7 Å². The highest BCUT2D eigenvalue weighted by atomic mass is 15.1. The molecular formula is C26H28N4. The molecule has 4 heteroatoms. The average molecular weight is 397 g/mol. The number of benzene rings is 3. The van der Waals surface area contributed by atoms with Crippen LogP contribution in [0.15, 0.2) is 66.7 Å². The number of nitrogens with zero attached hydrogens (tertiary/aromatic N) is 1. The first-order valence-corrected chi connectivity index (χ1v) is 10.4. The number of hydrogen-bond acceptors (Lipinski definition) is 3. The lowest BCUT2D eigenvalue weighted by molar-refractivity contribution is 0.690. The summed E-state index contributed by atoms with van der Waals surface area (Å²) >= 11 is 0. The number of H-pyrrole nitrogens is 1. The summed E-state index contributed by atoms with van der Waals surface area (Å²) in [6.07, 6.45) is 6.20. The Balaban J connectivity index is 1.50. The van der Waals surface area contributed by atoms with E-state index in [1.54, 1.807) is 0 Å². The van der Waals surface area contributed by atoms with E-state index in [1.807, 2.05) is 25.1 Å². The molecule has 0 amide bonds. The van der Waals surface area contributed by atoms with Crippen LogP contribution in [-0.2, 0) is 6.42 Å². The molecule has 1 unspecified atom stereocenters. The van der Waals surface area contributed by atoms with Crippen molar-refractivity contribution in [3.63, 3.8) is 0 Å². The van der Waals surface area contributed by atoms with Crippen molar-refractivity contribution in [3.05, 3.63) is 89.1 Å². The van der Waals surface area contributed by atoms with Gasteiger partial charge in [0.1, 0.15) is 0 Å². The molecule has 0 fully saturated rings. The molecule has 4 N–H and O–H groups in total. The second kappa shape index (κ2) is 8.87. The summed E-state index contributed by atoms with van der Waals surface area (Å²) in [6, 6.07) is 23.5. The van der Waals surface area contributed by atoms with Gasteiger partial charge in [0, 0.05) is 22.8 Å². The van der Waals surface area contributed by atoms with Crippen LogP contribution in [0, 0.1) is 6.92 Å². The lowest BCUT2D eigenvalue weighted by Gasteiger charge is -2.18. The van der Waals surface area contributed by atoms with Crippen LogP contribution in [0.5, 0.6) is 0 Å². The first-order chi connectivity index (χ1) is 14.6. The number of aromatic amines is 1. The largest absolute Gasteiger partial charge is 0.398 e. The van der Waals surface area contributed by atoms with Crippen molar-refractivity contribution >= 4 is 34.4 Å². The standard InChI is InChI=1S/C26H28N4/c1-3-21(15-19-8-5-4-6-9-19)28-22-11-7-10-20(16-22)12-13-25-23-17-24(27)18(2)14-26(23)30-29-25/h4-14,16-17,21,28H,3,15,27H2,1-2H3,(H,29,30)/b13-12+. The number of aryl methyl sites for hydroxylation is 1. The lowest BCUT2D eigenvalue weighted by Crippen LogP contribution is -2.21. The molecule has 0 radical (unpaired) electrons. The third kappa shape index (κ3) is 4.54. The summed E-state index contributed by atoms with van der Waals surface area (Å²) < 4.78 is 0. The van der Waals surface area contributed by atoms with Crippen LogP contribution in [0.2, 0.25) is 0 Å². The van der Waals surface area contributed by atoms with Crippen LogP contribution in [-0.4, -0.2) is 16.2 Å². The minimum atomic E-state index is 0.396. The maximum atomic E-state index is 6.08. The molecule has 4 nitrogen and oxygen atoms in total. The lowest BCUT2D eigenvalue weighted by atomic mass is 10.0. The predicted octanol–water partition coefficient (Wildman–Crippen LogP) is 6.06. The number of rotatable bonds is 7. The van der Waals surface area contributed by atoms with Crippen LogP contribution in [0.1, 0.15) is 35.7 Å². The second-order valence-corrected chi connectivity index (χ2v) is 7.76. The summed E-state index contributed by atoms with van der Waals surface area (Å²) in [6.45, 7) is 4.23. The summed E-state index contributed by atoms with van der Waals surface area (Å²) in [7, 11) is 0. The fourth-order valence-corrected chi connectivity index (χ4v) is 3.68. The maximum Gasteiger partial charge on any atom is 0.0928 e. The monoisotopic (exact) mass is 396 g/mol. The Bertz CT molecular complexity index is 1160. The highest BCUT2D eigenvalue weighted by Crippen LogP contribution is 2.24. The molecule has 1 aromatic heterocycles. The Kier molecular flexibility index (Phi) is 5.84. The minimum absolute atomic E-state index is 0.396. The molecule has 0 aliphatic carbocycles. The fourth-order valence-electron chi connectivity index (χ4n) is 3.68. The van der Waals surface area contributed by atoms with Gasteiger partial charge >= 0.3 is 0 Å². The highest BCUT2D eigenvalue weighted by molar-refractivity contribution is 5.92. The van der Waals surface area contributed by atoms with Crippen molar-refractivity contribution < 1.29 is 0 Å². The summed E-state index contributed by atoms with van der Waals surface area (Å²) in [4.78, 5) is 0. The summed E-state index contributed by atoms with van der Waals surface area (Å²) in [5.74, 6) is 0. The summed E-state index contributed by atoms with van der Waals surface area (Å²) in [5, 5.41) is 12.3. The molecular weight excluding hydrogens is 368 g/mol. The van der Waals surface area contributed by atoms with Gasteiger partial charge < -0.3 is 11.1 Å². The zero-order valence-corrected chi connectivity index (χ0v) is 17.5. The first-order valence-electron chi connectivity index (χ1n) is 10.4. The van der Waals surface area contributed by atoms with Gasteiger partial charge in [0.15, 0.2) is 0 Å². The molecule has 0 aliphatic rings. The Morgan fingerprint density at radius 1 is 1.03 bits per heavy atom. The third-order valence-electron chi connectivity index (χ3n) is 5.49. The predicted molar refractivity (Wildman–Crippen MR) is 128 cm³/mol. The van der Waals surface area contributed by atoms with Crippen LogP contribution in [0.4, 0.5) is 11.4 Å². The normalized spacial score (nSPS) is 12.5. The van der Waals surface area contributed by atoms with E-state index in [1.165, 1.54) is 5.56 Å². The number of hydrogen-bond donors (Lipinski definition) is 3. The van der Waals surface area contributed by atoms with Gasteiger partial charge in [-0.2, -0.15) is 5.10 Å². The van der Waals surface area contributed by atoms with Crippen molar-refractivity contribution in [3.8, 4) is 0 Å². The van der Waals surface area contributed by atoms with Gasteiger partial charge in [-0.15, -0.1) is 0 Å². The average Bonchev–Trinajstić information content (AvgIpc) is 3.14. The Morgan fingerprint density at radius 2 is 1.87 bits per heavy atom. The van der Waals surface area contributed by atoms with E-state index in [9.17, 15) is 0 Å². The molecule has 0 aliphatic heterocycles. The van der Waals surface area contributed by atoms with E-state index in [-0.39, 0.29) is 0 Å². The molecule has 4 rings (SSSR count). The number of nitrogens with two attached hydrogens (primary N) is 1. The zero-order chi connectivity index (χ0) is 20.9. The summed E-state index contributed by atoms with van der Waals surface area (Å²) in [5.41, 5.74) is 13.4. The number of aromatic nitrogens is 2. The first kappa shape index (κ1) is 19.8. The van der Waals surface area contributed by atoms with Crippen LogP contribution >= 0.6 is 0 Å². The van der Waals surface area contributed by atoms with Crippen molar-refractivity contribution in [1.82, 2.24) is 10.2 Å². The smallest absolute Gasteiger partial charge is 0.0928 e. The Hall–Kier alpha value is -3.53. The minimum Gasteiger partial charge on any atom is -0.398 e. The maximum absolute atomic E-state index is 6.08. The van der Waals surface area contributed by atoms with Gasteiger partial charge in [-0.1, -0.05) is 55.5 Å². The van der Waals surface area contributed by atoms with Gasteiger partial charge in [0.2, 0.25) is 0 Å². The van der Waals surface area contributed by atoms with Gasteiger partial charge in [0.05, 0.1) is 11.2 Å². The van der Waals surface area contributed by atoms with Gasteiger partial charge in [0.25, 0.3) is 0 Å². The van der Waals surface area contributed by atoms with Crippen LogP contribution in [0.25, 0.3) is 23.1 Å². The molecule has 0 bridgehead atoms. The van der Waals surface area contributed by atoms with E-state index in [4.69, 9.17) is 5.73 Å². The molecule has 30 heavy (non-hydrogen) atoms. The Morgan fingerprint density at radius 3 is 2.67 bits per heavy atom. The third-order valence-corrected chi connectivity index (χ3v) is 5.49. The number of nitrogens with one attached hydrogen (secondary N) is 2. The molecule has 0 spiro atoms. The molecule has 0 saturated carbocycles. The van der Waals surface area contributed by atoms with Gasteiger partial charge in [-0.05, 0) is 66.8 Å². The van der Waals surface area contributed by atoms with E-state index >= 15 is 0 Å². The highest BCUT2D eigenvalue weighted by Gasteiger charge is 2.08. The molecule has 0 saturated heterocycles. The number of fused-ring (bicyclic) bond motifs is 1. The number of anilines is 2. The van der Waals surface area contributed by atoms with Gasteiger partial charge in [-0.3, -0.25) is 5.10 Å². The second-order valence-electron chi connectivity index (χ2n) is 7.76. The van der Waals surface area contributed by atoms with Crippen molar-refractivity contribution in [2.45, 2.75) is 32.7 Å².